The van der Waals surface area contributed by atoms with Crippen molar-refractivity contribution in [1.29, 1.82) is 0 Å². The van der Waals surface area contributed by atoms with Crippen LogP contribution in [0.15, 0.2) is 23.8 Å². The lowest BCUT2D eigenvalue weighted by molar-refractivity contribution is -0.140. The minimum atomic E-state index is -0.393. The highest BCUT2D eigenvalue weighted by molar-refractivity contribution is 5.68. The van der Waals surface area contributed by atoms with E-state index in [0.717, 1.165) is 57.8 Å². The Morgan fingerprint density at radius 3 is 2.88 bits per heavy atom. The lowest BCUT2D eigenvalue weighted by Crippen LogP contribution is -2.16. The Morgan fingerprint density at radius 2 is 2.15 bits per heavy atom. The molecule has 2 aliphatic rings. The van der Waals surface area contributed by atoms with Crippen LogP contribution in [0.3, 0.4) is 0 Å². The highest BCUT2D eigenvalue weighted by Crippen LogP contribution is 2.48. The fourth-order valence-corrected chi connectivity index (χ4v) is 4.46. The third kappa shape index (κ3) is 6.24. The number of hydrogen-bond donors (Lipinski definition) is 2. The maximum Gasteiger partial charge on any atom is 0.305 e. The van der Waals surface area contributed by atoms with E-state index in [9.17, 15) is 15.0 Å². The van der Waals surface area contributed by atoms with Crippen molar-refractivity contribution in [2.24, 2.45) is 17.8 Å². The van der Waals surface area contributed by atoms with Crippen LogP contribution in [0.2, 0.25) is 0 Å². The number of methoxy groups -OCH3 is 1. The van der Waals surface area contributed by atoms with Crippen molar-refractivity contribution < 1.29 is 19.7 Å². The molecule has 0 aromatic carbocycles. The zero-order chi connectivity index (χ0) is 18.9. The molecule has 0 spiro atoms. The maximum atomic E-state index is 11.2. The van der Waals surface area contributed by atoms with Crippen molar-refractivity contribution in [1.82, 2.24) is 0 Å². The molecule has 1 saturated carbocycles. The quantitative estimate of drug-likeness (QED) is 0.328. The number of aliphatic hydroxyl groups excluding tert-OH is 2. The van der Waals surface area contributed by atoms with Gasteiger partial charge in [0.2, 0.25) is 0 Å². The first-order valence-electron chi connectivity index (χ1n) is 10.4. The third-order valence-electron chi connectivity index (χ3n) is 5.95. The molecule has 148 valence electrons. The van der Waals surface area contributed by atoms with E-state index >= 15 is 0 Å². The number of allylic oxidation sites excluding steroid dienone is 2. The summed E-state index contributed by atoms with van der Waals surface area (Å²) < 4.78 is 4.68. The van der Waals surface area contributed by atoms with Crippen molar-refractivity contribution in [3.63, 3.8) is 0 Å². The van der Waals surface area contributed by atoms with Gasteiger partial charge in [0.25, 0.3) is 0 Å². The molecule has 0 heterocycles. The predicted molar refractivity (Wildman–Crippen MR) is 104 cm³/mol. The smallest absolute Gasteiger partial charge is 0.305 e. The summed E-state index contributed by atoms with van der Waals surface area (Å²) in [7, 11) is 1.43. The lowest BCUT2D eigenvalue weighted by atomic mass is 9.91. The molecule has 26 heavy (non-hydrogen) atoms. The van der Waals surface area contributed by atoms with E-state index in [1.54, 1.807) is 0 Å². The summed E-state index contributed by atoms with van der Waals surface area (Å²) in [4.78, 5) is 11.2. The molecule has 5 atom stereocenters. The summed E-state index contributed by atoms with van der Waals surface area (Å²) in [6.07, 6.45) is 15.2. The highest BCUT2D eigenvalue weighted by atomic mass is 16.5. The Hall–Kier alpha value is -1.13. The summed E-state index contributed by atoms with van der Waals surface area (Å²) in [5, 5.41) is 20.5. The van der Waals surface area contributed by atoms with Crippen LogP contribution in [0.5, 0.6) is 0 Å². The molecule has 0 radical (unpaired) electrons. The zero-order valence-electron chi connectivity index (χ0n) is 16.4. The van der Waals surface area contributed by atoms with Gasteiger partial charge in [-0.05, 0) is 50.4 Å². The van der Waals surface area contributed by atoms with Gasteiger partial charge in [0.05, 0.1) is 19.3 Å². The van der Waals surface area contributed by atoms with Gasteiger partial charge in [-0.1, -0.05) is 50.0 Å². The van der Waals surface area contributed by atoms with Crippen molar-refractivity contribution >= 4 is 5.97 Å². The Balaban J connectivity index is 1.80. The second-order valence-corrected chi connectivity index (χ2v) is 7.98. The first-order chi connectivity index (χ1) is 12.5. The van der Waals surface area contributed by atoms with Crippen LogP contribution in [-0.4, -0.2) is 35.5 Å². The molecule has 2 N–H and O–H groups in total. The van der Waals surface area contributed by atoms with Gasteiger partial charge in [0.15, 0.2) is 0 Å². The molecular weight excluding hydrogens is 328 g/mol. The number of unbranched alkanes of at least 4 members (excludes halogenated alkanes) is 3. The Labute approximate surface area is 158 Å². The topological polar surface area (TPSA) is 66.8 Å². The highest BCUT2D eigenvalue weighted by Gasteiger charge is 2.42. The van der Waals surface area contributed by atoms with Crippen LogP contribution in [0.1, 0.15) is 71.1 Å². The summed E-state index contributed by atoms with van der Waals surface area (Å²) >= 11 is 0. The molecule has 1 fully saturated rings. The fraction of sp³-hybridized carbons (Fsp3) is 0.773. The van der Waals surface area contributed by atoms with Crippen molar-refractivity contribution in [3.05, 3.63) is 23.8 Å². The zero-order valence-corrected chi connectivity index (χ0v) is 16.4. The average Bonchev–Trinajstić information content (AvgIpc) is 3.13. The number of aliphatic hydroxyl groups is 2. The molecule has 4 heteroatoms. The molecule has 0 saturated heterocycles. The van der Waals surface area contributed by atoms with Gasteiger partial charge in [-0.25, -0.2) is 0 Å². The van der Waals surface area contributed by atoms with E-state index in [1.165, 1.54) is 12.7 Å². The molecule has 0 bridgehead atoms. The largest absolute Gasteiger partial charge is 0.469 e. The maximum absolute atomic E-state index is 11.2. The second kappa shape index (κ2) is 10.9. The lowest BCUT2D eigenvalue weighted by Gasteiger charge is -2.16. The minimum absolute atomic E-state index is 0.131. The van der Waals surface area contributed by atoms with Gasteiger partial charge in [0.1, 0.15) is 0 Å². The predicted octanol–water partition coefficient (Wildman–Crippen LogP) is 4.16. The van der Waals surface area contributed by atoms with Crippen molar-refractivity contribution in [2.75, 3.05) is 7.11 Å². The summed E-state index contributed by atoms with van der Waals surface area (Å²) in [6.45, 7) is 2.16. The third-order valence-corrected chi connectivity index (χ3v) is 5.95. The second-order valence-electron chi connectivity index (χ2n) is 7.98. The molecule has 0 unspecified atom stereocenters. The van der Waals surface area contributed by atoms with Crippen LogP contribution in [-0.2, 0) is 9.53 Å². The van der Waals surface area contributed by atoms with E-state index in [4.69, 9.17) is 0 Å². The standard InChI is InChI=1S/C22H36O4/c1-3-4-5-9-18(23)11-12-19-20-14-16(13-17(20)15-21(19)24)8-6-7-10-22(25)26-2/h11-12,14,17-21,23-24H,3-10,13,15H2,1-2H3/b12-11+/t17-,18-,19+,20-,21+/m0/s1. The van der Waals surface area contributed by atoms with Crippen molar-refractivity contribution in [3.8, 4) is 0 Å². The van der Waals surface area contributed by atoms with Crippen LogP contribution in [0, 0.1) is 17.8 Å². The first kappa shape index (κ1) is 21.2. The number of carbonyl (C=O) groups excluding carboxylic acids is 1. The van der Waals surface area contributed by atoms with Gasteiger partial charge in [-0.15, -0.1) is 0 Å². The van der Waals surface area contributed by atoms with Crippen molar-refractivity contribution in [2.45, 2.75) is 83.3 Å². The molecule has 0 aromatic heterocycles. The molecule has 0 amide bonds. The number of rotatable bonds is 11. The molecule has 4 nitrogen and oxygen atoms in total. The number of ether oxygens (including phenoxy) is 1. The Bertz CT molecular complexity index is 496. The van der Waals surface area contributed by atoms with Crippen LogP contribution in [0.4, 0.5) is 0 Å². The summed E-state index contributed by atoms with van der Waals surface area (Å²) in [5.41, 5.74) is 1.47. The van der Waals surface area contributed by atoms with E-state index in [-0.39, 0.29) is 18.0 Å². The number of carbonyl (C=O) groups is 1. The number of fused-ring (bicyclic) bond motifs is 1. The van der Waals surface area contributed by atoms with Gasteiger partial charge >= 0.3 is 5.97 Å². The van der Waals surface area contributed by atoms with Gasteiger partial charge in [-0.3, -0.25) is 4.79 Å². The van der Waals surface area contributed by atoms with Crippen LogP contribution >= 0.6 is 0 Å². The number of hydrogen-bond acceptors (Lipinski definition) is 4. The van der Waals surface area contributed by atoms with Crippen LogP contribution in [0.25, 0.3) is 0 Å². The molecule has 2 aliphatic carbocycles. The van der Waals surface area contributed by atoms with Crippen LogP contribution < -0.4 is 0 Å². The molecular formula is C22H36O4. The van der Waals surface area contributed by atoms with E-state index in [0.29, 0.717) is 18.3 Å². The molecule has 0 aliphatic heterocycles. The summed E-state index contributed by atoms with van der Waals surface area (Å²) in [5.74, 6) is 0.939. The fourth-order valence-electron chi connectivity index (χ4n) is 4.46. The summed E-state index contributed by atoms with van der Waals surface area (Å²) in [6, 6.07) is 0. The number of esters is 1. The monoisotopic (exact) mass is 364 g/mol. The first-order valence-corrected chi connectivity index (χ1v) is 10.4. The van der Waals surface area contributed by atoms with E-state index < -0.39 is 6.10 Å². The Morgan fingerprint density at radius 1 is 1.35 bits per heavy atom. The van der Waals surface area contributed by atoms with Gasteiger partial charge in [-0.2, -0.15) is 0 Å². The Kier molecular flexibility index (Phi) is 8.86. The normalized spacial score (nSPS) is 29.0. The van der Waals surface area contributed by atoms with E-state index in [1.807, 2.05) is 6.08 Å². The average molecular weight is 365 g/mol. The van der Waals surface area contributed by atoms with E-state index in [2.05, 4.69) is 23.8 Å². The molecule has 2 rings (SSSR count). The minimum Gasteiger partial charge on any atom is -0.469 e. The molecule has 0 aromatic rings. The van der Waals surface area contributed by atoms with Gasteiger partial charge in [0, 0.05) is 12.3 Å². The van der Waals surface area contributed by atoms with Gasteiger partial charge < -0.3 is 14.9 Å². The SMILES string of the molecule is CCCCC[C@H](O)/C=C/[C@@H]1[C@H]2C=C(CCCCC(=O)OC)C[C@H]2C[C@H]1O.